The molecule has 0 saturated carbocycles. The van der Waals surface area contributed by atoms with E-state index in [9.17, 15) is 14.0 Å². The van der Waals surface area contributed by atoms with E-state index in [1.54, 1.807) is 33.3 Å². The van der Waals surface area contributed by atoms with E-state index in [4.69, 9.17) is 19.2 Å². The van der Waals surface area contributed by atoms with Gasteiger partial charge in [0.05, 0.1) is 20.8 Å². The number of rotatable bonds is 8. The summed E-state index contributed by atoms with van der Waals surface area (Å²) in [6.07, 6.45) is 2.48. The molecule has 1 unspecified atom stereocenters. The number of halogens is 1. The molecule has 0 aromatic heterocycles. The number of ether oxygens (including phenoxy) is 3. The van der Waals surface area contributed by atoms with Crippen molar-refractivity contribution in [1.29, 1.82) is 0 Å². The fraction of sp³-hybridized carbons (Fsp3) is 0.414. The summed E-state index contributed by atoms with van der Waals surface area (Å²) in [5, 5.41) is 0. The number of carbonyl (C=O) groups is 2. The van der Waals surface area contributed by atoms with Crippen LogP contribution in [-0.4, -0.2) is 38.3 Å². The molecule has 1 heterocycles. The number of carbonyl (C=O) groups excluding carboxylic acids is 2. The number of ketones is 1. The standard InChI is InChI=1S/C29H32FNO5/c1-5-6-13-36-29(33)26-17(2)31-22-14-20(19-9-12-24(34-3)25(16-19)35-4)15-23(32)28(22)27(26)18-7-10-21(30)11-8-18/h7-12,16,20,26-27H,5-6,13-15H2,1-4H3/t20-,26?,27+/m0/s1. The van der Waals surface area contributed by atoms with Gasteiger partial charge in [0, 0.05) is 29.3 Å². The molecule has 190 valence electrons. The van der Waals surface area contributed by atoms with Crippen LogP contribution in [0.1, 0.15) is 62.5 Å². The van der Waals surface area contributed by atoms with Crippen LogP contribution < -0.4 is 9.47 Å². The molecule has 6 nitrogen and oxygen atoms in total. The van der Waals surface area contributed by atoms with Crippen molar-refractivity contribution < 1.29 is 28.2 Å². The number of benzene rings is 2. The Morgan fingerprint density at radius 3 is 2.39 bits per heavy atom. The number of Topliss-reactive ketones (excluding diaryl/α,β-unsaturated/α-hetero) is 1. The van der Waals surface area contributed by atoms with Gasteiger partial charge in [-0.1, -0.05) is 31.5 Å². The third kappa shape index (κ3) is 5.06. The minimum atomic E-state index is -0.729. The summed E-state index contributed by atoms with van der Waals surface area (Å²) in [5.41, 5.74) is 3.47. The third-order valence-corrected chi connectivity index (χ3v) is 6.99. The molecule has 0 saturated heterocycles. The van der Waals surface area contributed by atoms with Crippen molar-refractivity contribution >= 4 is 17.5 Å². The Labute approximate surface area is 211 Å². The van der Waals surface area contributed by atoms with Gasteiger partial charge in [-0.15, -0.1) is 0 Å². The number of hydrogen-bond donors (Lipinski definition) is 0. The average Bonchev–Trinajstić information content (AvgIpc) is 2.87. The zero-order valence-electron chi connectivity index (χ0n) is 21.2. The second-order valence-electron chi connectivity index (χ2n) is 9.28. The highest BCUT2D eigenvalue weighted by atomic mass is 19.1. The zero-order chi connectivity index (χ0) is 25.8. The van der Waals surface area contributed by atoms with Gasteiger partial charge in [0.1, 0.15) is 11.7 Å². The smallest absolute Gasteiger partial charge is 0.315 e. The van der Waals surface area contributed by atoms with Crippen molar-refractivity contribution in [2.75, 3.05) is 20.8 Å². The summed E-state index contributed by atoms with van der Waals surface area (Å²) in [4.78, 5) is 31.6. The highest BCUT2D eigenvalue weighted by molar-refractivity contribution is 6.09. The fourth-order valence-electron chi connectivity index (χ4n) is 5.14. The van der Waals surface area contributed by atoms with Crippen LogP contribution in [0.5, 0.6) is 11.5 Å². The predicted octanol–water partition coefficient (Wildman–Crippen LogP) is 5.76. The van der Waals surface area contributed by atoms with Gasteiger partial charge in [-0.25, -0.2) is 4.39 Å². The molecule has 1 aliphatic carbocycles. The number of unbranched alkanes of at least 4 members (excludes halogenated alkanes) is 1. The summed E-state index contributed by atoms with van der Waals surface area (Å²) in [7, 11) is 3.16. The van der Waals surface area contributed by atoms with Crippen LogP contribution in [0.3, 0.4) is 0 Å². The van der Waals surface area contributed by atoms with Crippen LogP contribution in [-0.2, 0) is 14.3 Å². The number of nitrogens with zero attached hydrogens (tertiary/aromatic N) is 1. The fourth-order valence-corrected chi connectivity index (χ4v) is 5.14. The van der Waals surface area contributed by atoms with Crippen LogP contribution in [0.15, 0.2) is 58.7 Å². The van der Waals surface area contributed by atoms with Gasteiger partial charge >= 0.3 is 5.97 Å². The molecule has 7 heteroatoms. The first kappa shape index (κ1) is 25.6. The van der Waals surface area contributed by atoms with Crippen molar-refractivity contribution in [1.82, 2.24) is 0 Å². The molecule has 0 fully saturated rings. The van der Waals surface area contributed by atoms with Gasteiger partial charge in [-0.3, -0.25) is 14.6 Å². The van der Waals surface area contributed by atoms with E-state index < -0.39 is 17.8 Å². The first-order chi connectivity index (χ1) is 17.4. The van der Waals surface area contributed by atoms with Crippen molar-refractivity contribution in [3.8, 4) is 11.5 Å². The van der Waals surface area contributed by atoms with Gasteiger partial charge in [-0.05, 0) is 61.1 Å². The highest BCUT2D eigenvalue weighted by Gasteiger charge is 2.44. The number of allylic oxidation sites excluding steroid dienone is 2. The number of esters is 1. The molecule has 0 radical (unpaired) electrons. The lowest BCUT2D eigenvalue weighted by atomic mass is 9.69. The lowest BCUT2D eigenvalue weighted by Crippen LogP contribution is -2.38. The minimum absolute atomic E-state index is 0.0621. The quantitative estimate of drug-likeness (QED) is 0.345. The van der Waals surface area contributed by atoms with E-state index >= 15 is 0 Å². The summed E-state index contributed by atoms with van der Waals surface area (Å²) >= 11 is 0. The first-order valence-corrected chi connectivity index (χ1v) is 12.3. The SMILES string of the molecule is CCCCOC(=O)C1C(C)=NC2=C(C(=O)C[C@@H](c3ccc(OC)c(OC)c3)C2)[C@@H]1c1ccc(F)cc1. The second-order valence-corrected chi connectivity index (χ2v) is 9.28. The lowest BCUT2D eigenvalue weighted by molar-refractivity contribution is -0.146. The predicted molar refractivity (Wildman–Crippen MR) is 135 cm³/mol. The monoisotopic (exact) mass is 493 g/mol. The van der Waals surface area contributed by atoms with E-state index in [2.05, 4.69) is 0 Å². The van der Waals surface area contributed by atoms with Crippen molar-refractivity contribution in [2.45, 2.75) is 51.4 Å². The molecule has 2 aromatic rings. The van der Waals surface area contributed by atoms with Gasteiger partial charge in [0.15, 0.2) is 17.3 Å². The maximum Gasteiger partial charge on any atom is 0.315 e. The molecule has 0 amide bonds. The normalized spacial score (nSPS) is 21.5. The van der Waals surface area contributed by atoms with Gasteiger partial charge < -0.3 is 14.2 Å². The molecule has 0 spiro atoms. The van der Waals surface area contributed by atoms with E-state index in [1.807, 2.05) is 25.1 Å². The molecule has 2 aromatic carbocycles. The summed E-state index contributed by atoms with van der Waals surface area (Å²) in [6, 6.07) is 11.7. The van der Waals surface area contributed by atoms with E-state index in [0.29, 0.717) is 47.1 Å². The third-order valence-electron chi connectivity index (χ3n) is 6.99. The van der Waals surface area contributed by atoms with Crippen LogP contribution in [0.4, 0.5) is 4.39 Å². The first-order valence-electron chi connectivity index (χ1n) is 12.3. The summed E-state index contributed by atoms with van der Waals surface area (Å²) < 4.78 is 30.1. The molecule has 4 rings (SSSR count). The molecule has 3 atom stereocenters. The Kier molecular flexibility index (Phi) is 7.87. The van der Waals surface area contributed by atoms with Crippen LogP contribution >= 0.6 is 0 Å². The molecule has 2 aliphatic rings. The molecule has 36 heavy (non-hydrogen) atoms. The van der Waals surface area contributed by atoms with E-state index in [-0.39, 0.29) is 23.9 Å². The largest absolute Gasteiger partial charge is 0.493 e. The van der Waals surface area contributed by atoms with E-state index in [1.165, 1.54) is 12.1 Å². The average molecular weight is 494 g/mol. The Balaban J connectivity index is 1.73. The molecule has 1 aliphatic heterocycles. The van der Waals surface area contributed by atoms with Crippen molar-refractivity contribution in [3.05, 3.63) is 70.7 Å². The Morgan fingerprint density at radius 1 is 1.03 bits per heavy atom. The van der Waals surface area contributed by atoms with Gasteiger partial charge in [-0.2, -0.15) is 0 Å². The molecule has 0 N–H and O–H groups in total. The Bertz CT molecular complexity index is 1200. The van der Waals surface area contributed by atoms with Crippen LogP contribution in [0.25, 0.3) is 0 Å². The number of methoxy groups -OCH3 is 2. The number of aliphatic imine (C=N–C) groups is 1. The van der Waals surface area contributed by atoms with Crippen LogP contribution in [0.2, 0.25) is 0 Å². The van der Waals surface area contributed by atoms with E-state index in [0.717, 1.165) is 18.4 Å². The molecule has 0 bridgehead atoms. The molecular formula is C29H32FNO5. The lowest BCUT2D eigenvalue weighted by Gasteiger charge is -2.36. The zero-order valence-corrected chi connectivity index (χ0v) is 21.2. The highest BCUT2D eigenvalue weighted by Crippen LogP contribution is 2.47. The maximum atomic E-state index is 13.7. The van der Waals surface area contributed by atoms with Crippen molar-refractivity contribution in [2.24, 2.45) is 10.9 Å². The molecular weight excluding hydrogens is 461 g/mol. The minimum Gasteiger partial charge on any atom is -0.493 e. The Morgan fingerprint density at radius 2 is 1.72 bits per heavy atom. The Hall–Kier alpha value is -3.48. The van der Waals surface area contributed by atoms with Gasteiger partial charge in [0.2, 0.25) is 0 Å². The van der Waals surface area contributed by atoms with Crippen LogP contribution in [0, 0.1) is 11.7 Å². The topological polar surface area (TPSA) is 74.2 Å². The summed E-state index contributed by atoms with van der Waals surface area (Å²) in [6.45, 7) is 4.14. The second kappa shape index (κ2) is 11.1. The van der Waals surface area contributed by atoms with Gasteiger partial charge in [0.25, 0.3) is 0 Å². The number of hydrogen-bond acceptors (Lipinski definition) is 6. The van der Waals surface area contributed by atoms with Crippen molar-refractivity contribution in [3.63, 3.8) is 0 Å². The summed E-state index contributed by atoms with van der Waals surface area (Å²) in [5.74, 6) is -0.999. The maximum absolute atomic E-state index is 13.7.